The highest BCUT2D eigenvalue weighted by molar-refractivity contribution is 9.10. The van der Waals surface area contributed by atoms with Crippen molar-refractivity contribution in [3.8, 4) is 11.5 Å². The fraction of sp³-hybridized carbons (Fsp3) is 0.333. The van der Waals surface area contributed by atoms with E-state index >= 15 is 0 Å². The van der Waals surface area contributed by atoms with E-state index < -0.39 is 12.1 Å². The average Bonchev–Trinajstić information content (AvgIpc) is 2.81. The normalized spacial score (nSPS) is 12.2. The molecule has 0 saturated heterocycles. The molecule has 0 unspecified atom stereocenters. The molecule has 2 aromatic carbocycles. The van der Waals surface area contributed by atoms with Crippen molar-refractivity contribution in [2.75, 3.05) is 13.7 Å². The van der Waals surface area contributed by atoms with E-state index in [1.165, 1.54) is 11.8 Å². The third-order valence-corrected chi connectivity index (χ3v) is 5.91. The van der Waals surface area contributed by atoms with Crippen LogP contribution < -0.4 is 15.0 Å². The van der Waals surface area contributed by atoms with Crippen LogP contribution in [0, 0.1) is 0 Å². The van der Waals surface area contributed by atoms with Crippen LogP contribution >= 0.6 is 31.9 Å². The molecule has 1 atom stereocenters. The number of carbonyl (C=O) groups excluding carboxylic acids is 1. The summed E-state index contributed by atoms with van der Waals surface area (Å²) in [5.41, 5.74) is 1.05. The van der Waals surface area contributed by atoms with Crippen LogP contribution in [0.3, 0.4) is 0 Å². The first-order valence-electron chi connectivity index (χ1n) is 10.7. The lowest BCUT2D eigenvalue weighted by molar-refractivity contribution is -0.147. The fourth-order valence-electron chi connectivity index (χ4n) is 3.25. The topological polar surface area (TPSA) is 92.0 Å². The molecule has 34 heavy (non-hydrogen) atoms. The van der Waals surface area contributed by atoms with E-state index in [0.29, 0.717) is 51.3 Å². The van der Waals surface area contributed by atoms with Gasteiger partial charge in [-0.15, -0.1) is 0 Å². The first kappa shape index (κ1) is 25.9. The van der Waals surface area contributed by atoms with Gasteiger partial charge in [-0.3, -0.25) is 4.79 Å². The molecule has 0 radical (unpaired) electrons. The van der Waals surface area contributed by atoms with Gasteiger partial charge in [-0.2, -0.15) is 9.78 Å². The Kier molecular flexibility index (Phi) is 8.84. The first-order valence-corrected chi connectivity index (χ1v) is 12.3. The number of hydrogen-bond acceptors (Lipinski definition) is 7. The van der Waals surface area contributed by atoms with Crippen molar-refractivity contribution in [2.45, 2.75) is 39.7 Å². The Morgan fingerprint density at radius 3 is 2.68 bits per heavy atom. The van der Waals surface area contributed by atoms with Gasteiger partial charge >= 0.3 is 5.97 Å². The lowest BCUT2D eigenvalue weighted by Crippen LogP contribution is -2.25. The predicted octanol–water partition coefficient (Wildman–Crippen LogP) is 5.10. The molecule has 0 spiro atoms. The zero-order valence-electron chi connectivity index (χ0n) is 19.3. The van der Waals surface area contributed by atoms with Gasteiger partial charge in [0.2, 0.25) is 0 Å². The van der Waals surface area contributed by atoms with Gasteiger partial charge in [-0.25, -0.2) is 9.78 Å². The lowest BCUT2D eigenvalue weighted by atomic mass is 10.2. The van der Waals surface area contributed by atoms with Crippen molar-refractivity contribution < 1.29 is 19.0 Å². The zero-order chi connectivity index (χ0) is 24.8. The van der Waals surface area contributed by atoms with Gasteiger partial charge in [0, 0.05) is 10.9 Å². The van der Waals surface area contributed by atoms with Gasteiger partial charge in [-0.05, 0) is 72.1 Å². The molecule has 0 fully saturated rings. The maximum absolute atomic E-state index is 13.2. The predicted molar refractivity (Wildman–Crippen MR) is 138 cm³/mol. The van der Waals surface area contributed by atoms with Crippen LogP contribution in [0.25, 0.3) is 10.9 Å². The molecule has 0 aliphatic carbocycles. The van der Waals surface area contributed by atoms with Gasteiger partial charge in [-0.1, -0.05) is 22.9 Å². The molecule has 180 valence electrons. The quantitative estimate of drug-likeness (QED) is 0.253. The Morgan fingerprint density at radius 2 is 2.00 bits per heavy atom. The summed E-state index contributed by atoms with van der Waals surface area (Å²) in [6.45, 7) is 5.85. The minimum Gasteiger partial charge on any atom is -0.490 e. The van der Waals surface area contributed by atoms with Crippen molar-refractivity contribution in [3.63, 3.8) is 0 Å². The SMILES string of the molecule is CCCc1nc2ccc(Br)cc2c(=O)n1N=Cc1cc(Br)c(O[C@H](C)C(=O)OC)c(OCC)c1. The molecular formula is C24H25Br2N3O5. The van der Waals surface area contributed by atoms with Crippen LogP contribution in [0.15, 0.2) is 49.2 Å². The minimum absolute atomic E-state index is 0.248. The van der Waals surface area contributed by atoms with Crippen LogP contribution in [0.5, 0.6) is 11.5 Å². The molecule has 0 aliphatic rings. The van der Waals surface area contributed by atoms with Crippen molar-refractivity contribution in [3.05, 3.63) is 61.0 Å². The number of halogens is 2. The number of aryl methyl sites for hydroxylation is 1. The Hall–Kier alpha value is -2.72. The van der Waals surface area contributed by atoms with E-state index in [4.69, 9.17) is 14.2 Å². The summed E-state index contributed by atoms with van der Waals surface area (Å²) < 4.78 is 18.9. The third kappa shape index (κ3) is 5.85. The molecule has 0 amide bonds. The van der Waals surface area contributed by atoms with Crippen molar-refractivity contribution >= 4 is 54.9 Å². The van der Waals surface area contributed by atoms with Crippen LogP contribution in [-0.4, -0.2) is 41.7 Å². The Bertz CT molecular complexity index is 1290. The number of rotatable bonds is 9. The standard InChI is InChI=1S/C24H25Br2N3O5/c1-5-7-21-28-19-9-8-16(25)12-17(19)23(30)29(21)27-13-15-10-18(26)22(20(11-15)33-6-2)34-14(3)24(31)32-4/h8-14H,5-7H2,1-4H3/t14-/m1/s1. The number of carbonyl (C=O) groups is 1. The molecule has 0 aliphatic heterocycles. The first-order chi connectivity index (χ1) is 16.3. The Morgan fingerprint density at radius 1 is 1.24 bits per heavy atom. The van der Waals surface area contributed by atoms with Gasteiger partial charge in [0.15, 0.2) is 17.6 Å². The molecule has 0 saturated carbocycles. The smallest absolute Gasteiger partial charge is 0.346 e. The maximum Gasteiger partial charge on any atom is 0.346 e. The summed E-state index contributed by atoms with van der Waals surface area (Å²) in [6, 6.07) is 8.90. The second-order valence-electron chi connectivity index (χ2n) is 7.35. The third-order valence-electron chi connectivity index (χ3n) is 4.83. The Balaban J connectivity index is 2.05. The summed E-state index contributed by atoms with van der Waals surface area (Å²) in [7, 11) is 1.30. The number of nitrogens with zero attached hydrogens (tertiary/aromatic N) is 3. The van der Waals surface area contributed by atoms with Crippen LogP contribution in [0.2, 0.25) is 0 Å². The van der Waals surface area contributed by atoms with E-state index in [0.717, 1.165) is 10.9 Å². The number of fused-ring (bicyclic) bond motifs is 1. The number of benzene rings is 2. The summed E-state index contributed by atoms with van der Waals surface area (Å²) in [4.78, 5) is 29.6. The highest BCUT2D eigenvalue weighted by atomic mass is 79.9. The monoisotopic (exact) mass is 593 g/mol. The van der Waals surface area contributed by atoms with Crippen LogP contribution in [0.1, 0.15) is 38.6 Å². The molecule has 1 heterocycles. The Labute approximate surface area is 214 Å². The van der Waals surface area contributed by atoms with E-state index in [-0.39, 0.29) is 5.56 Å². The van der Waals surface area contributed by atoms with Gasteiger partial charge in [0.25, 0.3) is 5.56 Å². The molecule has 3 rings (SSSR count). The minimum atomic E-state index is -0.821. The zero-order valence-corrected chi connectivity index (χ0v) is 22.5. The largest absolute Gasteiger partial charge is 0.490 e. The second-order valence-corrected chi connectivity index (χ2v) is 9.12. The summed E-state index contributed by atoms with van der Waals surface area (Å²) >= 11 is 6.89. The lowest BCUT2D eigenvalue weighted by Gasteiger charge is -2.17. The summed E-state index contributed by atoms with van der Waals surface area (Å²) in [6.07, 6.45) is 2.16. The maximum atomic E-state index is 13.2. The highest BCUT2D eigenvalue weighted by Crippen LogP contribution is 2.37. The van der Waals surface area contributed by atoms with Crippen LogP contribution in [0.4, 0.5) is 0 Å². The molecule has 1 aromatic heterocycles. The van der Waals surface area contributed by atoms with Crippen molar-refractivity contribution in [1.29, 1.82) is 0 Å². The van der Waals surface area contributed by atoms with Crippen molar-refractivity contribution in [1.82, 2.24) is 9.66 Å². The van der Waals surface area contributed by atoms with Gasteiger partial charge in [0.05, 0.1) is 35.3 Å². The van der Waals surface area contributed by atoms with Crippen molar-refractivity contribution in [2.24, 2.45) is 5.10 Å². The molecule has 3 aromatic rings. The highest BCUT2D eigenvalue weighted by Gasteiger charge is 2.20. The number of aromatic nitrogens is 2. The molecular weight excluding hydrogens is 570 g/mol. The van der Waals surface area contributed by atoms with E-state index in [2.05, 4.69) is 41.9 Å². The second kappa shape index (κ2) is 11.6. The van der Waals surface area contributed by atoms with Crippen LogP contribution in [-0.2, 0) is 16.0 Å². The van der Waals surface area contributed by atoms with E-state index in [9.17, 15) is 9.59 Å². The van der Waals surface area contributed by atoms with E-state index in [1.54, 1.807) is 31.3 Å². The molecule has 0 bridgehead atoms. The average molecular weight is 595 g/mol. The van der Waals surface area contributed by atoms with E-state index in [1.807, 2.05) is 26.0 Å². The van der Waals surface area contributed by atoms with Gasteiger partial charge < -0.3 is 14.2 Å². The molecule has 8 nitrogen and oxygen atoms in total. The molecule has 0 N–H and O–H groups in total. The number of methoxy groups -OCH3 is 1. The summed E-state index contributed by atoms with van der Waals surface area (Å²) in [5, 5.41) is 4.93. The molecule has 10 heteroatoms. The number of esters is 1. The van der Waals surface area contributed by atoms with Gasteiger partial charge in [0.1, 0.15) is 5.82 Å². The fourth-order valence-corrected chi connectivity index (χ4v) is 4.17. The number of ether oxygens (including phenoxy) is 3. The summed E-state index contributed by atoms with van der Waals surface area (Å²) in [5.74, 6) is 0.876. The number of hydrogen-bond donors (Lipinski definition) is 0.